The van der Waals surface area contributed by atoms with Gasteiger partial charge in [0.2, 0.25) is 5.91 Å². The Kier molecular flexibility index (Phi) is 5.77. The van der Waals surface area contributed by atoms with Crippen LogP contribution in [0.4, 0.5) is 5.69 Å². The average Bonchev–Trinajstić information content (AvgIpc) is 2.70. The Labute approximate surface area is 160 Å². The lowest BCUT2D eigenvalue weighted by molar-refractivity contribution is -0.117. The molecule has 0 heterocycles. The largest absolute Gasteiger partial charge is 0.488 e. The van der Waals surface area contributed by atoms with Crippen molar-refractivity contribution in [2.45, 2.75) is 6.54 Å². The molecule has 0 atom stereocenters. The van der Waals surface area contributed by atoms with E-state index in [1.165, 1.54) is 0 Å². The van der Waals surface area contributed by atoms with E-state index in [2.05, 4.69) is 11.9 Å². The molecule has 0 bridgehead atoms. The van der Waals surface area contributed by atoms with Gasteiger partial charge in [0, 0.05) is 37.3 Å². The van der Waals surface area contributed by atoms with E-state index in [0.29, 0.717) is 12.1 Å². The summed E-state index contributed by atoms with van der Waals surface area (Å²) in [4.78, 5) is 14.3. The third kappa shape index (κ3) is 4.67. The Bertz CT molecular complexity index is 941. The van der Waals surface area contributed by atoms with Gasteiger partial charge in [-0.15, -0.1) is 0 Å². The van der Waals surface area contributed by atoms with Crippen molar-refractivity contribution in [2.24, 2.45) is 0 Å². The Morgan fingerprint density at radius 2 is 1.70 bits per heavy atom. The van der Waals surface area contributed by atoms with Crippen LogP contribution in [0.1, 0.15) is 5.56 Å². The van der Waals surface area contributed by atoms with E-state index in [9.17, 15) is 4.79 Å². The van der Waals surface area contributed by atoms with Crippen LogP contribution in [-0.2, 0) is 11.3 Å². The minimum atomic E-state index is -0.202. The van der Waals surface area contributed by atoms with Crippen molar-refractivity contribution in [2.75, 3.05) is 25.6 Å². The summed E-state index contributed by atoms with van der Waals surface area (Å²) in [5, 5.41) is 5.01. The number of ether oxygens (including phenoxy) is 1. The van der Waals surface area contributed by atoms with Gasteiger partial charge < -0.3 is 15.0 Å². The maximum Gasteiger partial charge on any atom is 0.250 e. The van der Waals surface area contributed by atoms with Gasteiger partial charge in [-0.05, 0) is 29.1 Å². The van der Waals surface area contributed by atoms with Crippen LogP contribution in [0.5, 0.6) is 5.75 Å². The predicted molar refractivity (Wildman–Crippen MR) is 111 cm³/mol. The fourth-order valence-electron chi connectivity index (χ4n) is 2.77. The highest BCUT2D eigenvalue weighted by Crippen LogP contribution is 2.25. The van der Waals surface area contributed by atoms with E-state index in [-0.39, 0.29) is 12.5 Å². The third-order valence-electron chi connectivity index (χ3n) is 4.38. The molecule has 4 heteroatoms. The Hall–Kier alpha value is -3.27. The van der Waals surface area contributed by atoms with Crippen LogP contribution in [0.25, 0.3) is 10.8 Å². The number of anilines is 1. The smallest absolute Gasteiger partial charge is 0.250 e. The van der Waals surface area contributed by atoms with Gasteiger partial charge in [0.05, 0.1) is 0 Å². The molecule has 0 unspecified atom stereocenters. The first kappa shape index (κ1) is 18.5. The second kappa shape index (κ2) is 8.41. The van der Waals surface area contributed by atoms with E-state index >= 15 is 0 Å². The highest BCUT2D eigenvalue weighted by Gasteiger charge is 2.09. The summed E-state index contributed by atoms with van der Waals surface area (Å²) in [5.74, 6) is 0.549. The Morgan fingerprint density at radius 3 is 2.44 bits per heavy atom. The standard InChI is InChI=1S/C23H24N2O2/c1-17(16-27-22-10-6-8-19-7-4-5-9-21(19)22)23(26)24-15-18-11-13-20(14-12-18)25(2)3/h4-14H,1,15-16H2,2-3H3,(H,24,26). The van der Waals surface area contributed by atoms with Gasteiger partial charge in [0.15, 0.2) is 0 Å². The molecule has 0 radical (unpaired) electrons. The highest BCUT2D eigenvalue weighted by atomic mass is 16.5. The lowest BCUT2D eigenvalue weighted by Gasteiger charge is -2.13. The Morgan fingerprint density at radius 1 is 1.00 bits per heavy atom. The highest BCUT2D eigenvalue weighted by molar-refractivity contribution is 5.93. The molecule has 3 aromatic carbocycles. The summed E-state index contributed by atoms with van der Waals surface area (Å²) >= 11 is 0. The second-order valence-corrected chi connectivity index (χ2v) is 6.61. The maximum absolute atomic E-state index is 12.3. The number of hydrogen-bond acceptors (Lipinski definition) is 3. The molecule has 0 aliphatic heterocycles. The molecular formula is C23H24N2O2. The van der Waals surface area contributed by atoms with Gasteiger partial charge in [-0.25, -0.2) is 0 Å². The van der Waals surface area contributed by atoms with Gasteiger partial charge in [-0.1, -0.05) is 55.1 Å². The molecule has 3 aromatic rings. The van der Waals surface area contributed by atoms with Crippen LogP contribution in [0, 0.1) is 0 Å². The minimum absolute atomic E-state index is 0.152. The monoisotopic (exact) mass is 360 g/mol. The number of hydrogen-bond donors (Lipinski definition) is 1. The van der Waals surface area contributed by atoms with E-state index in [0.717, 1.165) is 27.8 Å². The molecule has 0 aliphatic carbocycles. The van der Waals surface area contributed by atoms with Crippen LogP contribution in [0.3, 0.4) is 0 Å². The molecule has 138 valence electrons. The summed E-state index contributed by atoms with van der Waals surface area (Å²) in [6, 6.07) is 21.9. The quantitative estimate of drug-likeness (QED) is 0.644. The number of fused-ring (bicyclic) bond motifs is 1. The Balaban J connectivity index is 1.54. The minimum Gasteiger partial charge on any atom is -0.488 e. The maximum atomic E-state index is 12.3. The first-order valence-corrected chi connectivity index (χ1v) is 8.87. The number of carbonyl (C=O) groups is 1. The molecule has 0 aromatic heterocycles. The zero-order valence-electron chi connectivity index (χ0n) is 15.7. The number of nitrogens with zero attached hydrogens (tertiary/aromatic N) is 1. The van der Waals surface area contributed by atoms with E-state index < -0.39 is 0 Å². The summed E-state index contributed by atoms with van der Waals surface area (Å²) < 4.78 is 5.83. The average molecular weight is 360 g/mol. The summed E-state index contributed by atoms with van der Waals surface area (Å²) in [7, 11) is 3.99. The van der Waals surface area contributed by atoms with Crippen molar-refractivity contribution in [3.05, 3.63) is 84.4 Å². The van der Waals surface area contributed by atoms with Crippen molar-refractivity contribution in [1.29, 1.82) is 0 Å². The molecule has 0 spiro atoms. The zero-order chi connectivity index (χ0) is 19.2. The second-order valence-electron chi connectivity index (χ2n) is 6.61. The predicted octanol–water partition coefficient (Wildman–Crippen LogP) is 4.16. The SMILES string of the molecule is C=C(COc1cccc2ccccc12)C(=O)NCc1ccc(N(C)C)cc1. The lowest BCUT2D eigenvalue weighted by atomic mass is 10.1. The molecule has 3 rings (SSSR count). The summed E-state index contributed by atoms with van der Waals surface area (Å²) in [6.07, 6.45) is 0. The number of amides is 1. The first-order valence-electron chi connectivity index (χ1n) is 8.87. The third-order valence-corrected chi connectivity index (χ3v) is 4.38. The van der Waals surface area contributed by atoms with Crippen LogP contribution < -0.4 is 15.0 Å². The van der Waals surface area contributed by atoms with Gasteiger partial charge in [-0.2, -0.15) is 0 Å². The van der Waals surface area contributed by atoms with Crippen molar-refractivity contribution in [3.8, 4) is 5.75 Å². The fourth-order valence-corrected chi connectivity index (χ4v) is 2.77. The molecule has 4 nitrogen and oxygen atoms in total. The van der Waals surface area contributed by atoms with Gasteiger partial charge in [0.1, 0.15) is 12.4 Å². The van der Waals surface area contributed by atoms with Gasteiger partial charge in [0.25, 0.3) is 0 Å². The van der Waals surface area contributed by atoms with E-state index in [1.807, 2.05) is 85.7 Å². The van der Waals surface area contributed by atoms with Crippen LogP contribution in [0.2, 0.25) is 0 Å². The van der Waals surface area contributed by atoms with Crippen molar-refractivity contribution in [3.63, 3.8) is 0 Å². The lowest BCUT2D eigenvalue weighted by Crippen LogP contribution is -2.26. The number of nitrogens with one attached hydrogen (secondary N) is 1. The molecular weight excluding hydrogens is 336 g/mol. The number of benzene rings is 3. The fraction of sp³-hybridized carbons (Fsp3) is 0.174. The van der Waals surface area contributed by atoms with Crippen LogP contribution >= 0.6 is 0 Å². The molecule has 0 aliphatic rings. The normalized spacial score (nSPS) is 10.4. The topological polar surface area (TPSA) is 41.6 Å². The molecule has 1 amide bonds. The molecule has 0 saturated carbocycles. The zero-order valence-corrected chi connectivity index (χ0v) is 15.7. The van der Waals surface area contributed by atoms with Crippen molar-refractivity contribution < 1.29 is 9.53 Å². The number of carbonyl (C=O) groups excluding carboxylic acids is 1. The summed E-state index contributed by atoms with van der Waals surface area (Å²) in [6.45, 7) is 4.47. The van der Waals surface area contributed by atoms with Crippen LogP contribution in [0.15, 0.2) is 78.9 Å². The molecule has 0 saturated heterocycles. The van der Waals surface area contributed by atoms with E-state index in [1.54, 1.807) is 0 Å². The first-order chi connectivity index (χ1) is 13.0. The molecule has 0 fully saturated rings. The van der Waals surface area contributed by atoms with Gasteiger partial charge in [-0.3, -0.25) is 4.79 Å². The van der Waals surface area contributed by atoms with Crippen molar-refractivity contribution in [1.82, 2.24) is 5.32 Å². The summed E-state index contributed by atoms with van der Waals surface area (Å²) in [5.41, 5.74) is 2.56. The molecule has 27 heavy (non-hydrogen) atoms. The van der Waals surface area contributed by atoms with Crippen LogP contribution in [-0.4, -0.2) is 26.6 Å². The number of rotatable bonds is 7. The molecule has 1 N–H and O–H groups in total. The van der Waals surface area contributed by atoms with Gasteiger partial charge >= 0.3 is 0 Å². The van der Waals surface area contributed by atoms with E-state index in [4.69, 9.17) is 4.74 Å². The van der Waals surface area contributed by atoms with Crippen molar-refractivity contribution >= 4 is 22.4 Å².